The summed E-state index contributed by atoms with van der Waals surface area (Å²) >= 11 is 0. The topological polar surface area (TPSA) is 389 Å². The maximum atomic E-state index is 14.0. The van der Waals surface area contributed by atoms with Crippen LogP contribution < -0.4 is 43.4 Å². The number of aromatic amines is 1. The monoisotopic (exact) mass is 933 g/mol. The van der Waals surface area contributed by atoms with Crippen LogP contribution in [0.15, 0.2) is 66.0 Å². The van der Waals surface area contributed by atoms with E-state index in [1.807, 2.05) is 48.5 Å². The van der Waals surface area contributed by atoms with Gasteiger partial charge >= 0.3 is 24.0 Å². The number of ether oxygens (including phenoxy) is 1. The van der Waals surface area contributed by atoms with Gasteiger partial charge < -0.3 is 68.4 Å². The van der Waals surface area contributed by atoms with Gasteiger partial charge in [-0.15, -0.1) is 0 Å². The summed E-state index contributed by atoms with van der Waals surface area (Å²) in [7, 11) is 0. The Kier molecular flexibility index (Phi) is 19.1. The van der Waals surface area contributed by atoms with Crippen molar-refractivity contribution in [1.82, 2.24) is 41.9 Å². The molecule has 0 aliphatic heterocycles. The first-order chi connectivity index (χ1) is 31.8. The van der Waals surface area contributed by atoms with Gasteiger partial charge in [0.15, 0.2) is 5.96 Å². The number of carbonyl (C=O) groups excluding carboxylic acids is 6. The van der Waals surface area contributed by atoms with Gasteiger partial charge in [0.2, 0.25) is 29.5 Å². The zero-order chi connectivity index (χ0) is 49.2. The molecule has 24 nitrogen and oxygen atoms in total. The molecule has 0 saturated carbocycles. The highest BCUT2D eigenvalue weighted by molar-refractivity contribution is 5.98. The number of nitrogens with one attached hydrogen (secondary N) is 7. The highest BCUT2D eigenvalue weighted by Crippen LogP contribution is 2.44. The molecule has 24 heteroatoms. The van der Waals surface area contributed by atoms with E-state index in [2.05, 4.69) is 46.9 Å². The predicted octanol–water partition coefficient (Wildman–Crippen LogP) is -0.951. The van der Waals surface area contributed by atoms with E-state index < -0.39 is 103 Å². The molecule has 6 amide bonds. The molecule has 4 rings (SSSR count). The lowest BCUT2D eigenvalue weighted by Gasteiger charge is -2.26. The molecule has 0 radical (unpaired) electrons. The van der Waals surface area contributed by atoms with Gasteiger partial charge in [0, 0.05) is 30.8 Å². The van der Waals surface area contributed by atoms with Gasteiger partial charge in [0.1, 0.15) is 43.4 Å². The molecule has 1 heterocycles. The lowest BCUT2D eigenvalue weighted by atomic mass is 9.98. The zero-order valence-electron chi connectivity index (χ0n) is 36.7. The molecule has 360 valence electrons. The van der Waals surface area contributed by atoms with Gasteiger partial charge in [0.25, 0.3) is 0 Å². The fourth-order valence-electron chi connectivity index (χ4n) is 7.20. The summed E-state index contributed by atoms with van der Waals surface area (Å²) in [5.41, 5.74) is 15.0. The van der Waals surface area contributed by atoms with Crippen LogP contribution in [0.3, 0.4) is 0 Å². The number of amides is 6. The zero-order valence-corrected chi connectivity index (χ0v) is 36.7. The van der Waals surface area contributed by atoms with Crippen molar-refractivity contribution in [3.05, 3.63) is 77.9 Å². The Hall–Kier alpha value is -8.05. The van der Waals surface area contributed by atoms with Crippen LogP contribution in [0.25, 0.3) is 11.1 Å². The number of rotatable bonds is 26. The minimum absolute atomic E-state index is 0.0151. The number of carboxylic acid groups (broad SMARTS) is 3. The maximum absolute atomic E-state index is 14.0. The SMILES string of the molecule is CC(C)CC(NC(=O)C(CC(=O)O)NC(=O)C(Cc1cnc[nH]1)NC(=O)C(CCCN=C(N)N)NC(=O)C(CC(=O)O)NC(=O)CNC(=O)OCC1c2ccccc2-c2ccccc21)C(=O)O. The third-order valence-electron chi connectivity index (χ3n) is 10.3. The summed E-state index contributed by atoms with van der Waals surface area (Å²) < 4.78 is 5.44. The molecule has 1 aliphatic carbocycles. The van der Waals surface area contributed by atoms with Gasteiger partial charge in [0.05, 0.1) is 19.2 Å². The van der Waals surface area contributed by atoms with Crippen LogP contribution in [-0.2, 0) is 49.5 Å². The fraction of sp³-hybridized carbons (Fsp3) is 0.419. The van der Waals surface area contributed by atoms with Crippen LogP contribution in [-0.4, -0.2) is 135 Å². The summed E-state index contributed by atoms with van der Waals surface area (Å²) in [6, 6.07) is 7.13. The number of aromatic nitrogens is 2. The van der Waals surface area contributed by atoms with Crippen molar-refractivity contribution in [2.24, 2.45) is 22.4 Å². The third kappa shape index (κ3) is 16.2. The Balaban J connectivity index is 1.46. The van der Waals surface area contributed by atoms with Crippen molar-refractivity contribution in [3.63, 3.8) is 0 Å². The first kappa shape index (κ1) is 51.6. The first-order valence-electron chi connectivity index (χ1n) is 21.1. The Morgan fingerprint density at radius 1 is 0.731 bits per heavy atom. The van der Waals surface area contributed by atoms with E-state index >= 15 is 0 Å². The molecule has 0 bridgehead atoms. The van der Waals surface area contributed by atoms with Gasteiger partial charge in [-0.05, 0) is 47.4 Å². The number of imidazole rings is 1. The fourth-order valence-corrected chi connectivity index (χ4v) is 7.20. The lowest BCUT2D eigenvalue weighted by molar-refractivity contribution is -0.144. The summed E-state index contributed by atoms with van der Waals surface area (Å²) in [6.07, 6.45) is -0.854. The number of aliphatic imine (C=N–C) groups is 1. The number of aliphatic carboxylic acids is 3. The molecule has 1 aromatic heterocycles. The van der Waals surface area contributed by atoms with Crippen LogP contribution in [0.1, 0.15) is 68.7 Å². The molecular weight excluding hydrogens is 879 g/mol. The van der Waals surface area contributed by atoms with Crippen molar-refractivity contribution in [3.8, 4) is 11.1 Å². The number of benzene rings is 2. The van der Waals surface area contributed by atoms with Crippen molar-refractivity contribution in [1.29, 1.82) is 0 Å². The van der Waals surface area contributed by atoms with E-state index in [4.69, 9.17) is 16.2 Å². The van der Waals surface area contributed by atoms with Crippen LogP contribution in [0.5, 0.6) is 0 Å². The molecule has 0 fully saturated rings. The number of guanidine groups is 1. The summed E-state index contributed by atoms with van der Waals surface area (Å²) in [5.74, 6) is -10.6. The van der Waals surface area contributed by atoms with Crippen LogP contribution >= 0.6 is 0 Å². The van der Waals surface area contributed by atoms with Gasteiger partial charge in [-0.25, -0.2) is 14.6 Å². The standard InChI is InChI=1S/C43H55N11O13/c1-22(2)14-33(41(64)65)54-40(63)32(17-36(58)59)53-38(61)30(15-23-18-46-21-49-23)52-37(60)29(12-7-13-47-42(44)45)51-39(62)31(16-35(56)57)50-34(55)19-48-43(66)67-20-28-26-10-5-3-8-24(26)25-9-4-6-11-27(25)28/h3-6,8-11,18,21-22,28-33H,7,12-17,19-20H2,1-2H3,(H,46,49)(H,48,66)(H,50,55)(H,51,62)(H,52,60)(H,53,61)(H,54,63)(H,56,57)(H,58,59)(H,64,65)(H4,44,45,47). The molecule has 0 saturated heterocycles. The molecule has 2 aromatic carbocycles. The minimum atomic E-state index is -1.81. The minimum Gasteiger partial charge on any atom is -0.481 e. The molecule has 5 unspecified atom stereocenters. The average molecular weight is 934 g/mol. The number of carbonyl (C=O) groups is 9. The van der Waals surface area contributed by atoms with E-state index in [0.29, 0.717) is 0 Å². The Morgan fingerprint density at radius 3 is 1.79 bits per heavy atom. The normalized spacial score (nSPS) is 13.8. The Bertz CT molecular complexity index is 2250. The second-order valence-corrected chi connectivity index (χ2v) is 15.9. The predicted molar refractivity (Wildman–Crippen MR) is 237 cm³/mol. The number of alkyl carbamates (subject to hydrolysis) is 1. The van der Waals surface area contributed by atoms with Gasteiger partial charge in [-0.3, -0.25) is 38.6 Å². The quantitative estimate of drug-likeness (QED) is 0.0262. The number of nitrogens with zero attached hydrogens (tertiary/aromatic N) is 2. The highest BCUT2D eigenvalue weighted by atomic mass is 16.5. The Morgan fingerprint density at radius 2 is 1.25 bits per heavy atom. The number of carboxylic acids is 3. The van der Waals surface area contributed by atoms with Crippen LogP contribution in [0, 0.1) is 5.92 Å². The highest BCUT2D eigenvalue weighted by Gasteiger charge is 2.35. The molecule has 14 N–H and O–H groups in total. The summed E-state index contributed by atoms with van der Waals surface area (Å²) in [6.45, 7) is 2.57. The van der Waals surface area contributed by atoms with Crippen molar-refractivity contribution in [2.75, 3.05) is 19.7 Å². The molecule has 1 aliphatic rings. The number of hydrogen-bond acceptors (Lipinski definition) is 12. The van der Waals surface area contributed by atoms with Crippen molar-refractivity contribution >= 4 is 59.5 Å². The van der Waals surface area contributed by atoms with E-state index in [0.717, 1.165) is 22.3 Å². The maximum Gasteiger partial charge on any atom is 0.407 e. The Labute approximate surface area is 383 Å². The van der Waals surface area contributed by atoms with Gasteiger partial charge in [-0.1, -0.05) is 62.4 Å². The molecule has 3 aromatic rings. The largest absolute Gasteiger partial charge is 0.481 e. The van der Waals surface area contributed by atoms with Crippen LogP contribution in [0.2, 0.25) is 0 Å². The smallest absolute Gasteiger partial charge is 0.407 e. The number of nitrogens with two attached hydrogens (primary N) is 2. The van der Waals surface area contributed by atoms with E-state index in [-0.39, 0.29) is 62.3 Å². The summed E-state index contributed by atoms with van der Waals surface area (Å²) in [5, 5.41) is 42.7. The lowest BCUT2D eigenvalue weighted by Crippen LogP contribution is -2.59. The second-order valence-electron chi connectivity index (χ2n) is 15.9. The van der Waals surface area contributed by atoms with Crippen molar-refractivity contribution < 1.29 is 63.2 Å². The molecule has 5 atom stereocenters. The second kappa shape index (κ2) is 24.9. The average Bonchev–Trinajstić information content (AvgIpc) is 3.90. The number of hydrogen-bond donors (Lipinski definition) is 12. The van der Waals surface area contributed by atoms with Crippen LogP contribution in [0.4, 0.5) is 4.79 Å². The van der Waals surface area contributed by atoms with E-state index in [9.17, 15) is 58.5 Å². The molecule has 67 heavy (non-hydrogen) atoms. The van der Waals surface area contributed by atoms with Crippen molar-refractivity contribution in [2.45, 2.75) is 88.5 Å². The molecular formula is C43H55N11O13. The number of fused-ring (bicyclic) bond motifs is 3. The third-order valence-corrected chi connectivity index (χ3v) is 10.3. The molecule has 0 spiro atoms. The number of H-pyrrole nitrogens is 1. The van der Waals surface area contributed by atoms with E-state index in [1.54, 1.807) is 13.8 Å². The summed E-state index contributed by atoms with van der Waals surface area (Å²) in [4.78, 5) is 126. The first-order valence-corrected chi connectivity index (χ1v) is 21.1. The van der Waals surface area contributed by atoms with E-state index in [1.165, 1.54) is 12.5 Å². The van der Waals surface area contributed by atoms with Gasteiger partial charge in [-0.2, -0.15) is 0 Å².